The zero-order valence-corrected chi connectivity index (χ0v) is 9.62. The number of anilines is 1. The lowest BCUT2D eigenvalue weighted by atomic mass is 10.2. The molecular weight excluding hydrogens is 257 g/mol. The second kappa shape index (κ2) is 5.27. The van der Waals surface area contributed by atoms with E-state index in [0.29, 0.717) is 0 Å². The van der Waals surface area contributed by atoms with Crippen LogP contribution in [0.5, 0.6) is 0 Å². The van der Waals surface area contributed by atoms with E-state index in [0.717, 1.165) is 12.1 Å². The topological polar surface area (TPSA) is 41.1 Å². The molecule has 17 heavy (non-hydrogen) atoms. The van der Waals surface area contributed by atoms with E-state index in [-0.39, 0.29) is 23.2 Å². The van der Waals surface area contributed by atoms with Gasteiger partial charge in [0.05, 0.1) is 12.1 Å². The molecule has 0 heterocycles. The molecule has 0 aliphatic carbocycles. The Bertz CT molecular complexity index is 421. The van der Waals surface area contributed by atoms with Crippen molar-refractivity contribution in [2.45, 2.75) is 6.18 Å². The summed E-state index contributed by atoms with van der Waals surface area (Å²) in [5.74, 6) is -0.335. The molecule has 0 aliphatic rings. The van der Waals surface area contributed by atoms with Crippen LogP contribution >= 0.6 is 11.6 Å². The van der Waals surface area contributed by atoms with Crippen LogP contribution in [0.4, 0.5) is 18.9 Å². The Balaban J connectivity index is 2.87. The number of benzene rings is 1. The highest BCUT2D eigenvalue weighted by Crippen LogP contribution is 2.33. The van der Waals surface area contributed by atoms with Gasteiger partial charge in [-0.3, -0.25) is 4.79 Å². The number of rotatable bonds is 3. The van der Waals surface area contributed by atoms with Gasteiger partial charge in [0, 0.05) is 17.8 Å². The lowest BCUT2D eigenvalue weighted by Gasteiger charge is -2.11. The maximum atomic E-state index is 12.4. The minimum atomic E-state index is -4.46. The molecule has 1 rings (SSSR count). The number of halogens is 4. The number of likely N-dealkylation sites (N-methyl/N-ethyl adjacent to an activating group) is 1. The van der Waals surface area contributed by atoms with Crippen LogP contribution in [-0.4, -0.2) is 19.5 Å². The van der Waals surface area contributed by atoms with Gasteiger partial charge in [-0.2, -0.15) is 13.2 Å². The third-order valence-electron chi connectivity index (χ3n) is 1.96. The predicted octanol–water partition coefficient (Wildman–Crippen LogP) is 2.52. The Hall–Kier alpha value is -1.43. The van der Waals surface area contributed by atoms with Crippen molar-refractivity contribution in [3.8, 4) is 0 Å². The maximum absolute atomic E-state index is 12.4. The molecule has 3 nitrogen and oxygen atoms in total. The van der Waals surface area contributed by atoms with E-state index in [1.54, 1.807) is 0 Å². The van der Waals surface area contributed by atoms with Crippen LogP contribution in [-0.2, 0) is 11.0 Å². The molecule has 0 atom stereocenters. The van der Waals surface area contributed by atoms with Crippen LogP contribution in [0.15, 0.2) is 18.2 Å². The SMILES string of the molecule is CNC(=O)CNc1cc(Cl)cc(C(F)(F)F)c1. The van der Waals surface area contributed by atoms with Gasteiger partial charge in [-0.25, -0.2) is 0 Å². The van der Waals surface area contributed by atoms with Crippen LogP contribution in [0.2, 0.25) is 5.02 Å². The minimum absolute atomic E-state index is 0.0424. The molecule has 1 aromatic rings. The summed E-state index contributed by atoms with van der Waals surface area (Å²) in [5, 5.41) is 4.85. The van der Waals surface area contributed by atoms with E-state index in [1.807, 2.05) is 0 Å². The number of carbonyl (C=O) groups excluding carboxylic acids is 1. The first-order valence-corrected chi connectivity index (χ1v) is 5.03. The number of nitrogens with one attached hydrogen (secondary N) is 2. The molecule has 0 radical (unpaired) electrons. The predicted molar refractivity (Wildman–Crippen MR) is 59.0 cm³/mol. The lowest BCUT2D eigenvalue weighted by molar-refractivity contribution is -0.137. The monoisotopic (exact) mass is 266 g/mol. The molecule has 0 bridgehead atoms. The van der Waals surface area contributed by atoms with E-state index in [9.17, 15) is 18.0 Å². The Morgan fingerprint density at radius 1 is 1.35 bits per heavy atom. The maximum Gasteiger partial charge on any atom is 0.416 e. The minimum Gasteiger partial charge on any atom is -0.376 e. The number of alkyl halides is 3. The number of hydrogen-bond acceptors (Lipinski definition) is 2. The smallest absolute Gasteiger partial charge is 0.376 e. The highest BCUT2D eigenvalue weighted by molar-refractivity contribution is 6.30. The number of carbonyl (C=O) groups is 1. The van der Waals surface area contributed by atoms with Crippen molar-refractivity contribution in [1.29, 1.82) is 0 Å². The molecule has 0 saturated carbocycles. The molecule has 0 fully saturated rings. The standard InChI is InChI=1S/C10H10ClF3N2O/c1-15-9(17)5-16-8-3-6(10(12,13)14)2-7(11)4-8/h2-4,16H,5H2,1H3,(H,15,17). The van der Waals surface area contributed by atoms with Gasteiger partial charge in [-0.15, -0.1) is 0 Å². The summed E-state index contributed by atoms with van der Waals surface area (Å²) < 4.78 is 37.3. The van der Waals surface area contributed by atoms with Gasteiger partial charge in [-0.1, -0.05) is 11.6 Å². The van der Waals surface area contributed by atoms with Crippen LogP contribution < -0.4 is 10.6 Å². The molecule has 0 aromatic heterocycles. The van der Waals surface area contributed by atoms with Crippen LogP contribution in [0, 0.1) is 0 Å². The average Bonchev–Trinajstić information content (AvgIpc) is 2.24. The van der Waals surface area contributed by atoms with Crippen molar-refractivity contribution >= 4 is 23.2 Å². The van der Waals surface area contributed by atoms with Gasteiger partial charge in [0.15, 0.2) is 0 Å². The Morgan fingerprint density at radius 2 is 2.00 bits per heavy atom. The Labute approximate surface area is 101 Å². The van der Waals surface area contributed by atoms with Crippen molar-refractivity contribution in [3.05, 3.63) is 28.8 Å². The summed E-state index contributed by atoms with van der Waals surface area (Å²) in [6.45, 7) is -0.117. The van der Waals surface area contributed by atoms with E-state index < -0.39 is 11.7 Å². The van der Waals surface area contributed by atoms with Gasteiger partial charge in [0.2, 0.25) is 5.91 Å². The molecule has 94 valence electrons. The molecule has 0 spiro atoms. The van der Waals surface area contributed by atoms with E-state index in [1.165, 1.54) is 13.1 Å². The summed E-state index contributed by atoms with van der Waals surface area (Å²) in [7, 11) is 1.43. The van der Waals surface area contributed by atoms with Crippen molar-refractivity contribution in [3.63, 3.8) is 0 Å². The van der Waals surface area contributed by atoms with E-state index >= 15 is 0 Å². The van der Waals surface area contributed by atoms with Crippen LogP contribution in [0.3, 0.4) is 0 Å². The Morgan fingerprint density at radius 3 is 2.53 bits per heavy atom. The molecule has 7 heteroatoms. The summed E-state index contributed by atoms with van der Waals surface area (Å²) in [4.78, 5) is 10.9. The van der Waals surface area contributed by atoms with Gasteiger partial charge in [0.1, 0.15) is 0 Å². The highest BCUT2D eigenvalue weighted by Gasteiger charge is 2.31. The van der Waals surface area contributed by atoms with Gasteiger partial charge in [0.25, 0.3) is 0 Å². The first kappa shape index (κ1) is 13.6. The molecule has 2 N–H and O–H groups in total. The zero-order valence-electron chi connectivity index (χ0n) is 8.86. The number of amides is 1. The van der Waals surface area contributed by atoms with E-state index in [4.69, 9.17) is 11.6 Å². The molecule has 0 unspecified atom stereocenters. The first-order chi connectivity index (χ1) is 7.82. The second-order valence-corrected chi connectivity index (χ2v) is 3.69. The zero-order chi connectivity index (χ0) is 13.1. The largest absolute Gasteiger partial charge is 0.416 e. The summed E-state index contributed by atoms with van der Waals surface area (Å²) in [5.41, 5.74) is -0.710. The normalized spacial score (nSPS) is 11.1. The highest BCUT2D eigenvalue weighted by atomic mass is 35.5. The fourth-order valence-corrected chi connectivity index (χ4v) is 1.36. The van der Waals surface area contributed by atoms with Crippen LogP contribution in [0.1, 0.15) is 5.56 Å². The summed E-state index contributed by atoms with van der Waals surface area (Å²) in [6.07, 6.45) is -4.46. The average molecular weight is 267 g/mol. The molecule has 0 aliphatic heterocycles. The van der Waals surface area contributed by atoms with E-state index in [2.05, 4.69) is 10.6 Å². The molecule has 0 saturated heterocycles. The van der Waals surface area contributed by atoms with Crippen LogP contribution in [0.25, 0.3) is 0 Å². The van der Waals surface area contributed by atoms with Gasteiger partial charge < -0.3 is 10.6 Å². The molecule has 1 aromatic carbocycles. The first-order valence-electron chi connectivity index (χ1n) is 4.65. The molecule has 1 amide bonds. The second-order valence-electron chi connectivity index (χ2n) is 3.25. The van der Waals surface area contributed by atoms with Crippen molar-refractivity contribution in [2.24, 2.45) is 0 Å². The van der Waals surface area contributed by atoms with Crippen molar-refractivity contribution < 1.29 is 18.0 Å². The van der Waals surface area contributed by atoms with Crippen molar-refractivity contribution in [1.82, 2.24) is 5.32 Å². The number of hydrogen-bond donors (Lipinski definition) is 2. The van der Waals surface area contributed by atoms with Gasteiger partial charge >= 0.3 is 6.18 Å². The Kier molecular flexibility index (Phi) is 4.22. The quantitative estimate of drug-likeness (QED) is 0.883. The third-order valence-corrected chi connectivity index (χ3v) is 2.18. The van der Waals surface area contributed by atoms with Crippen molar-refractivity contribution in [2.75, 3.05) is 18.9 Å². The fourth-order valence-electron chi connectivity index (χ4n) is 1.13. The third kappa shape index (κ3) is 4.14. The summed E-state index contributed by atoms with van der Waals surface area (Å²) >= 11 is 5.56. The van der Waals surface area contributed by atoms with Gasteiger partial charge in [-0.05, 0) is 18.2 Å². The lowest BCUT2D eigenvalue weighted by Crippen LogP contribution is -2.26. The fraction of sp³-hybridized carbons (Fsp3) is 0.300. The molecular formula is C10H10ClF3N2O. The summed E-state index contributed by atoms with van der Waals surface area (Å²) in [6, 6.07) is 3.04.